The lowest BCUT2D eigenvalue weighted by atomic mass is 10.0. The number of hydrogen-bond donors (Lipinski definition) is 2. The van der Waals surface area contributed by atoms with E-state index >= 15 is 0 Å². The van der Waals surface area contributed by atoms with Crippen LogP contribution in [0.15, 0.2) is 53.8 Å². The maximum atomic E-state index is 12.6. The summed E-state index contributed by atoms with van der Waals surface area (Å²) in [6.07, 6.45) is -2.50. The molecule has 0 bridgehead atoms. The maximum Gasteiger partial charge on any atom is 0.417 e. The Balaban J connectivity index is 1.86. The third-order valence-corrected chi connectivity index (χ3v) is 3.77. The van der Waals surface area contributed by atoms with Crippen LogP contribution in [0.1, 0.15) is 11.1 Å². The number of aromatic nitrogens is 1. The molecule has 0 saturated heterocycles. The second kappa shape index (κ2) is 6.60. The van der Waals surface area contributed by atoms with Crippen molar-refractivity contribution in [3.63, 3.8) is 0 Å². The molecule has 1 aromatic heterocycles. The summed E-state index contributed by atoms with van der Waals surface area (Å²) < 4.78 is 37.8. The first-order chi connectivity index (χ1) is 11.9. The number of halogens is 4. The zero-order valence-electron chi connectivity index (χ0n) is 12.5. The molecule has 0 saturated carbocycles. The Labute approximate surface area is 145 Å². The van der Waals surface area contributed by atoms with Crippen LogP contribution >= 0.6 is 11.6 Å². The first-order valence-corrected chi connectivity index (χ1v) is 7.46. The maximum absolute atomic E-state index is 12.6. The number of hydrogen-bond acceptors (Lipinski definition) is 4. The van der Waals surface area contributed by atoms with Crippen molar-refractivity contribution < 1.29 is 18.3 Å². The van der Waals surface area contributed by atoms with Crippen LogP contribution in [0.25, 0.3) is 10.8 Å². The van der Waals surface area contributed by atoms with E-state index in [1.165, 1.54) is 12.3 Å². The monoisotopic (exact) mass is 365 g/mol. The molecule has 0 amide bonds. The van der Waals surface area contributed by atoms with Crippen molar-refractivity contribution in [3.05, 3.63) is 64.8 Å². The van der Waals surface area contributed by atoms with Crippen molar-refractivity contribution in [2.75, 3.05) is 5.43 Å². The summed E-state index contributed by atoms with van der Waals surface area (Å²) >= 11 is 5.80. The minimum Gasteiger partial charge on any atom is -0.507 e. The van der Waals surface area contributed by atoms with Gasteiger partial charge in [-0.3, -0.25) is 5.43 Å². The van der Waals surface area contributed by atoms with Crippen LogP contribution in [-0.4, -0.2) is 16.3 Å². The van der Waals surface area contributed by atoms with Crippen LogP contribution in [0.5, 0.6) is 5.75 Å². The number of alkyl halides is 3. The Morgan fingerprint density at radius 3 is 2.64 bits per heavy atom. The second-order valence-electron chi connectivity index (χ2n) is 5.14. The molecule has 25 heavy (non-hydrogen) atoms. The summed E-state index contributed by atoms with van der Waals surface area (Å²) in [5.41, 5.74) is 2.00. The number of fused-ring (bicyclic) bond motifs is 1. The number of benzene rings is 2. The molecule has 2 N–H and O–H groups in total. The second-order valence-corrected chi connectivity index (χ2v) is 5.55. The largest absolute Gasteiger partial charge is 0.507 e. The van der Waals surface area contributed by atoms with Crippen molar-refractivity contribution in [2.45, 2.75) is 6.18 Å². The Morgan fingerprint density at radius 1 is 1.16 bits per heavy atom. The standard InChI is InChI=1S/C17H11ClF3N3O/c18-14-7-11(17(19,20)21)8-22-16(14)24-23-9-13-12-4-2-1-3-10(12)5-6-15(13)25/h1-9,25H,(H,22,24). The zero-order valence-corrected chi connectivity index (χ0v) is 13.3. The zero-order chi connectivity index (χ0) is 18.0. The number of aromatic hydroxyl groups is 1. The van der Waals surface area contributed by atoms with E-state index in [9.17, 15) is 18.3 Å². The molecule has 2 aromatic carbocycles. The molecular formula is C17H11ClF3N3O. The highest BCUT2D eigenvalue weighted by Crippen LogP contribution is 2.32. The summed E-state index contributed by atoms with van der Waals surface area (Å²) in [7, 11) is 0. The molecule has 3 aromatic rings. The number of anilines is 1. The van der Waals surface area contributed by atoms with Crippen LogP contribution < -0.4 is 5.43 Å². The number of pyridine rings is 1. The summed E-state index contributed by atoms with van der Waals surface area (Å²) in [4.78, 5) is 3.62. The molecule has 0 aliphatic rings. The van der Waals surface area contributed by atoms with Gasteiger partial charge in [0.2, 0.25) is 0 Å². The topological polar surface area (TPSA) is 57.5 Å². The van der Waals surface area contributed by atoms with Gasteiger partial charge in [-0.25, -0.2) is 4.98 Å². The Kier molecular flexibility index (Phi) is 4.50. The van der Waals surface area contributed by atoms with E-state index in [1.54, 1.807) is 6.07 Å². The van der Waals surface area contributed by atoms with Gasteiger partial charge in [0, 0.05) is 11.8 Å². The van der Waals surface area contributed by atoms with Gasteiger partial charge in [0.1, 0.15) is 5.75 Å². The van der Waals surface area contributed by atoms with Crippen LogP contribution in [0.3, 0.4) is 0 Å². The highest BCUT2D eigenvalue weighted by molar-refractivity contribution is 6.33. The quantitative estimate of drug-likeness (QED) is 0.504. The number of nitrogens with one attached hydrogen (secondary N) is 1. The molecule has 8 heteroatoms. The fourth-order valence-corrected chi connectivity index (χ4v) is 2.46. The fraction of sp³-hybridized carbons (Fsp3) is 0.0588. The smallest absolute Gasteiger partial charge is 0.417 e. The molecular weight excluding hydrogens is 355 g/mol. The van der Waals surface area contributed by atoms with Gasteiger partial charge in [-0.05, 0) is 22.9 Å². The fourth-order valence-electron chi connectivity index (χ4n) is 2.25. The minimum atomic E-state index is -4.52. The molecule has 4 nitrogen and oxygen atoms in total. The van der Waals surface area contributed by atoms with Crippen molar-refractivity contribution in [3.8, 4) is 5.75 Å². The van der Waals surface area contributed by atoms with Crippen molar-refractivity contribution in [2.24, 2.45) is 5.10 Å². The normalized spacial score (nSPS) is 12.0. The van der Waals surface area contributed by atoms with E-state index in [-0.39, 0.29) is 16.6 Å². The summed E-state index contributed by atoms with van der Waals surface area (Å²) in [6, 6.07) is 11.5. The van der Waals surface area contributed by atoms with Gasteiger partial charge in [-0.1, -0.05) is 41.9 Å². The first kappa shape index (κ1) is 17.0. The summed E-state index contributed by atoms with van der Waals surface area (Å²) in [6.45, 7) is 0. The lowest BCUT2D eigenvalue weighted by Gasteiger charge is -2.08. The van der Waals surface area contributed by atoms with Crippen LogP contribution in [0, 0.1) is 0 Å². The van der Waals surface area contributed by atoms with Crippen LogP contribution in [-0.2, 0) is 6.18 Å². The number of rotatable bonds is 3. The lowest BCUT2D eigenvalue weighted by molar-refractivity contribution is -0.137. The molecule has 0 atom stereocenters. The Morgan fingerprint density at radius 2 is 1.92 bits per heavy atom. The highest BCUT2D eigenvalue weighted by atomic mass is 35.5. The molecule has 0 fully saturated rings. The van der Waals surface area contributed by atoms with Gasteiger partial charge >= 0.3 is 6.18 Å². The van der Waals surface area contributed by atoms with Crippen molar-refractivity contribution >= 4 is 34.4 Å². The molecule has 3 rings (SSSR count). The first-order valence-electron chi connectivity index (χ1n) is 7.09. The van der Waals surface area contributed by atoms with Gasteiger partial charge in [0.05, 0.1) is 16.8 Å². The molecule has 128 valence electrons. The Hall–Kier alpha value is -2.80. The number of phenols is 1. The molecule has 0 radical (unpaired) electrons. The van der Waals surface area contributed by atoms with Gasteiger partial charge in [0.15, 0.2) is 5.82 Å². The van der Waals surface area contributed by atoms with Crippen LogP contribution in [0.2, 0.25) is 5.02 Å². The van der Waals surface area contributed by atoms with E-state index in [0.29, 0.717) is 11.8 Å². The average Bonchev–Trinajstić information content (AvgIpc) is 2.57. The highest BCUT2D eigenvalue weighted by Gasteiger charge is 2.31. The van der Waals surface area contributed by atoms with E-state index < -0.39 is 11.7 Å². The molecule has 0 spiro atoms. The predicted molar refractivity (Wildman–Crippen MR) is 91.1 cm³/mol. The van der Waals surface area contributed by atoms with Gasteiger partial charge in [-0.15, -0.1) is 0 Å². The van der Waals surface area contributed by atoms with Crippen LogP contribution in [0.4, 0.5) is 19.0 Å². The van der Waals surface area contributed by atoms with E-state index in [0.717, 1.165) is 16.8 Å². The van der Waals surface area contributed by atoms with E-state index in [1.807, 2.05) is 24.3 Å². The molecule has 1 heterocycles. The molecule has 0 aliphatic carbocycles. The number of phenolic OH excluding ortho intramolecular Hbond substituents is 1. The minimum absolute atomic E-state index is 0.0226. The van der Waals surface area contributed by atoms with Crippen molar-refractivity contribution in [1.82, 2.24) is 4.98 Å². The predicted octanol–water partition coefficient (Wildman–Crippen LogP) is 5.06. The summed E-state index contributed by atoms with van der Waals surface area (Å²) in [5.74, 6) is 0.00127. The van der Waals surface area contributed by atoms with E-state index in [4.69, 9.17) is 11.6 Å². The third-order valence-electron chi connectivity index (χ3n) is 3.48. The van der Waals surface area contributed by atoms with E-state index in [2.05, 4.69) is 15.5 Å². The number of hydrazone groups is 1. The van der Waals surface area contributed by atoms with Gasteiger partial charge in [0.25, 0.3) is 0 Å². The Bertz CT molecular complexity index is 958. The van der Waals surface area contributed by atoms with Crippen molar-refractivity contribution in [1.29, 1.82) is 0 Å². The molecule has 0 aliphatic heterocycles. The van der Waals surface area contributed by atoms with Gasteiger partial charge < -0.3 is 5.11 Å². The molecule has 0 unspecified atom stereocenters. The summed E-state index contributed by atoms with van der Waals surface area (Å²) in [5, 5.41) is 15.4. The van der Waals surface area contributed by atoms with Gasteiger partial charge in [-0.2, -0.15) is 18.3 Å². The third kappa shape index (κ3) is 3.66. The average molecular weight is 366 g/mol. The number of nitrogens with zero attached hydrogens (tertiary/aromatic N) is 2. The SMILES string of the molecule is Oc1ccc2ccccc2c1C=NNc1ncc(C(F)(F)F)cc1Cl. The lowest BCUT2D eigenvalue weighted by Crippen LogP contribution is -2.06.